The van der Waals surface area contributed by atoms with Crippen LogP contribution < -0.4 is 16.0 Å². The SMILES string of the molecule is CCCCC(=O)NC1CCCC1C(=O)NCc1ccc(-c2ccccc2NC=O)cc1. The summed E-state index contributed by atoms with van der Waals surface area (Å²) < 4.78 is 0. The third kappa shape index (κ3) is 6.17. The molecule has 0 radical (unpaired) electrons. The van der Waals surface area contributed by atoms with E-state index in [4.69, 9.17) is 0 Å². The Kier molecular flexibility index (Phi) is 8.21. The van der Waals surface area contributed by atoms with Crippen LogP contribution in [0.2, 0.25) is 0 Å². The van der Waals surface area contributed by atoms with Crippen molar-refractivity contribution in [1.29, 1.82) is 0 Å². The van der Waals surface area contributed by atoms with Crippen LogP contribution in [-0.4, -0.2) is 24.3 Å². The number of hydrogen-bond donors (Lipinski definition) is 3. The topological polar surface area (TPSA) is 87.3 Å². The lowest BCUT2D eigenvalue weighted by molar-refractivity contribution is -0.126. The quantitative estimate of drug-likeness (QED) is 0.507. The predicted octanol–water partition coefficient (Wildman–Crippen LogP) is 4.01. The van der Waals surface area contributed by atoms with Crippen LogP contribution in [0.25, 0.3) is 11.1 Å². The van der Waals surface area contributed by atoms with Gasteiger partial charge in [-0.05, 0) is 36.5 Å². The summed E-state index contributed by atoms with van der Waals surface area (Å²) in [4.78, 5) is 35.6. The van der Waals surface area contributed by atoms with E-state index in [9.17, 15) is 14.4 Å². The Morgan fingerprint density at radius 3 is 2.58 bits per heavy atom. The molecule has 0 heterocycles. The largest absolute Gasteiger partial charge is 0.353 e. The van der Waals surface area contributed by atoms with Crippen molar-refractivity contribution in [3.05, 3.63) is 54.1 Å². The summed E-state index contributed by atoms with van der Waals surface area (Å²) >= 11 is 0. The van der Waals surface area contributed by atoms with Gasteiger partial charge in [0.15, 0.2) is 0 Å². The maximum Gasteiger partial charge on any atom is 0.225 e. The van der Waals surface area contributed by atoms with E-state index in [0.29, 0.717) is 19.4 Å². The van der Waals surface area contributed by atoms with Gasteiger partial charge in [-0.2, -0.15) is 0 Å². The number of anilines is 1. The summed E-state index contributed by atoms with van der Waals surface area (Å²) in [6.45, 7) is 2.51. The van der Waals surface area contributed by atoms with Gasteiger partial charge in [-0.15, -0.1) is 0 Å². The van der Waals surface area contributed by atoms with E-state index in [-0.39, 0.29) is 23.8 Å². The smallest absolute Gasteiger partial charge is 0.225 e. The molecule has 2 unspecified atom stereocenters. The van der Waals surface area contributed by atoms with Crippen molar-refractivity contribution in [2.45, 2.75) is 58.0 Å². The normalized spacial score (nSPS) is 17.7. The van der Waals surface area contributed by atoms with Crippen molar-refractivity contribution in [3.8, 4) is 11.1 Å². The molecule has 1 saturated carbocycles. The Morgan fingerprint density at radius 1 is 1.06 bits per heavy atom. The summed E-state index contributed by atoms with van der Waals surface area (Å²) in [6.07, 6.45) is 5.69. The average molecular weight is 422 g/mol. The molecule has 0 bridgehead atoms. The molecule has 0 aliphatic heterocycles. The molecule has 164 valence electrons. The van der Waals surface area contributed by atoms with Gasteiger partial charge in [0.1, 0.15) is 0 Å². The van der Waals surface area contributed by atoms with Crippen molar-refractivity contribution in [2.24, 2.45) is 5.92 Å². The van der Waals surface area contributed by atoms with Crippen molar-refractivity contribution in [1.82, 2.24) is 10.6 Å². The third-order valence-electron chi connectivity index (χ3n) is 5.83. The number of carbonyl (C=O) groups excluding carboxylic acids is 3. The van der Waals surface area contributed by atoms with E-state index in [0.717, 1.165) is 54.5 Å². The molecule has 0 spiro atoms. The fourth-order valence-electron chi connectivity index (χ4n) is 4.11. The molecule has 6 nitrogen and oxygen atoms in total. The molecule has 31 heavy (non-hydrogen) atoms. The van der Waals surface area contributed by atoms with Crippen molar-refractivity contribution in [3.63, 3.8) is 0 Å². The number of nitrogens with one attached hydrogen (secondary N) is 3. The number of unbranched alkanes of at least 4 members (excludes halogenated alkanes) is 1. The average Bonchev–Trinajstić information content (AvgIpc) is 3.25. The molecule has 0 saturated heterocycles. The maximum atomic E-state index is 12.7. The number of para-hydroxylation sites is 1. The molecular formula is C25H31N3O3. The summed E-state index contributed by atoms with van der Waals surface area (Å²) in [7, 11) is 0. The van der Waals surface area contributed by atoms with E-state index in [2.05, 4.69) is 22.9 Å². The lowest BCUT2D eigenvalue weighted by atomic mass is 10.0. The van der Waals surface area contributed by atoms with Gasteiger partial charge in [-0.3, -0.25) is 14.4 Å². The number of hydrogen-bond acceptors (Lipinski definition) is 3. The maximum absolute atomic E-state index is 12.7. The highest BCUT2D eigenvalue weighted by Crippen LogP contribution is 2.28. The Hall–Kier alpha value is -3.15. The molecule has 3 rings (SSSR count). The summed E-state index contributed by atoms with van der Waals surface area (Å²) in [5, 5.41) is 8.80. The number of rotatable bonds is 10. The van der Waals surface area contributed by atoms with E-state index >= 15 is 0 Å². The van der Waals surface area contributed by atoms with E-state index in [1.54, 1.807) is 0 Å². The molecule has 1 fully saturated rings. The predicted molar refractivity (Wildman–Crippen MR) is 122 cm³/mol. The fourth-order valence-corrected chi connectivity index (χ4v) is 4.11. The van der Waals surface area contributed by atoms with Gasteiger partial charge < -0.3 is 16.0 Å². The van der Waals surface area contributed by atoms with Crippen LogP contribution in [-0.2, 0) is 20.9 Å². The first-order valence-corrected chi connectivity index (χ1v) is 11.1. The van der Waals surface area contributed by atoms with Crippen LogP contribution in [0.1, 0.15) is 51.0 Å². The van der Waals surface area contributed by atoms with E-state index in [1.165, 1.54) is 0 Å². The lowest BCUT2D eigenvalue weighted by Crippen LogP contribution is -2.43. The molecule has 3 amide bonds. The first-order chi connectivity index (χ1) is 15.1. The Labute approximate surface area is 183 Å². The Morgan fingerprint density at radius 2 is 1.84 bits per heavy atom. The van der Waals surface area contributed by atoms with Gasteiger partial charge in [0.2, 0.25) is 18.2 Å². The van der Waals surface area contributed by atoms with Crippen molar-refractivity contribution in [2.75, 3.05) is 5.32 Å². The second kappa shape index (κ2) is 11.3. The Bertz CT molecular complexity index is 895. The van der Waals surface area contributed by atoms with Crippen LogP contribution >= 0.6 is 0 Å². The zero-order valence-corrected chi connectivity index (χ0v) is 18.0. The summed E-state index contributed by atoms with van der Waals surface area (Å²) in [6, 6.07) is 15.5. The van der Waals surface area contributed by atoms with Crippen LogP contribution in [0.3, 0.4) is 0 Å². The second-order valence-electron chi connectivity index (χ2n) is 8.04. The molecule has 2 aromatic carbocycles. The summed E-state index contributed by atoms with van der Waals surface area (Å²) in [5.41, 5.74) is 3.69. The minimum absolute atomic E-state index is 0.00268. The highest BCUT2D eigenvalue weighted by Gasteiger charge is 2.33. The van der Waals surface area contributed by atoms with Gasteiger partial charge in [-0.25, -0.2) is 0 Å². The van der Waals surface area contributed by atoms with E-state index in [1.807, 2.05) is 48.5 Å². The summed E-state index contributed by atoms with van der Waals surface area (Å²) in [5.74, 6) is -0.111. The van der Waals surface area contributed by atoms with Crippen molar-refractivity contribution >= 4 is 23.9 Å². The highest BCUT2D eigenvalue weighted by atomic mass is 16.2. The molecule has 1 aliphatic rings. The van der Waals surface area contributed by atoms with Gasteiger partial charge in [-0.1, -0.05) is 62.2 Å². The molecular weight excluding hydrogens is 390 g/mol. The van der Waals surface area contributed by atoms with Crippen molar-refractivity contribution < 1.29 is 14.4 Å². The minimum atomic E-state index is -0.161. The first kappa shape index (κ1) is 22.5. The van der Waals surface area contributed by atoms with Crippen LogP contribution in [0.15, 0.2) is 48.5 Å². The fraction of sp³-hybridized carbons (Fsp3) is 0.400. The van der Waals surface area contributed by atoms with E-state index < -0.39 is 0 Å². The van der Waals surface area contributed by atoms with Gasteiger partial charge in [0, 0.05) is 30.3 Å². The van der Waals surface area contributed by atoms with Crippen LogP contribution in [0.4, 0.5) is 5.69 Å². The number of amides is 3. The standard InChI is InChI=1S/C25H31N3O3/c1-2-3-11-24(30)28-23-10-6-8-21(23)25(31)26-16-18-12-14-19(15-13-18)20-7-4-5-9-22(20)27-17-29/h4-5,7,9,12-15,17,21,23H,2-3,6,8,10-11,16H2,1H3,(H,26,31)(H,27,29)(H,28,30). The molecule has 2 aromatic rings. The first-order valence-electron chi connectivity index (χ1n) is 11.1. The highest BCUT2D eigenvalue weighted by molar-refractivity contribution is 5.85. The zero-order valence-electron chi connectivity index (χ0n) is 18.0. The molecule has 6 heteroatoms. The molecule has 1 aliphatic carbocycles. The Balaban J connectivity index is 1.56. The number of benzene rings is 2. The monoisotopic (exact) mass is 421 g/mol. The second-order valence-corrected chi connectivity index (χ2v) is 8.04. The van der Waals surface area contributed by atoms with Crippen LogP contribution in [0.5, 0.6) is 0 Å². The lowest BCUT2D eigenvalue weighted by Gasteiger charge is -2.20. The third-order valence-corrected chi connectivity index (χ3v) is 5.83. The van der Waals surface area contributed by atoms with Gasteiger partial charge in [0.25, 0.3) is 0 Å². The zero-order chi connectivity index (χ0) is 22.1. The number of carbonyl (C=O) groups is 3. The van der Waals surface area contributed by atoms with Crippen LogP contribution in [0, 0.1) is 5.92 Å². The molecule has 3 N–H and O–H groups in total. The van der Waals surface area contributed by atoms with Gasteiger partial charge >= 0.3 is 0 Å². The minimum Gasteiger partial charge on any atom is -0.353 e. The molecule has 2 atom stereocenters. The molecule has 0 aromatic heterocycles. The van der Waals surface area contributed by atoms with Gasteiger partial charge in [0.05, 0.1) is 5.92 Å².